The smallest absolute Gasteiger partial charge is 0.369 e. The summed E-state index contributed by atoms with van der Waals surface area (Å²) in [5.41, 5.74) is -1.90. The molecule has 0 aromatic carbocycles. The zero-order valence-electron chi connectivity index (χ0n) is 8.03. The lowest BCUT2D eigenvalue weighted by Crippen LogP contribution is -2.57. The van der Waals surface area contributed by atoms with Gasteiger partial charge in [0.15, 0.2) is 5.60 Å². The van der Waals surface area contributed by atoms with E-state index < -0.39 is 11.8 Å². The van der Waals surface area contributed by atoms with Crippen LogP contribution in [-0.2, 0) is 4.74 Å². The standard InChI is InChI=1S/C9H14F3NO/c1-14-8(9(10,11)12)4-6-2-3-7(5-8)13-6/h6-7,13H,2-5H2,1H3. The van der Waals surface area contributed by atoms with Crippen molar-refractivity contribution in [3.8, 4) is 0 Å². The molecule has 0 aromatic rings. The molecule has 5 heteroatoms. The van der Waals surface area contributed by atoms with Crippen molar-refractivity contribution in [1.29, 1.82) is 0 Å². The fourth-order valence-corrected chi connectivity index (χ4v) is 2.62. The van der Waals surface area contributed by atoms with Crippen molar-refractivity contribution >= 4 is 0 Å². The van der Waals surface area contributed by atoms with E-state index in [1.54, 1.807) is 0 Å². The molecule has 1 N–H and O–H groups in total. The molecule has 0 saturated carbocycles. The Morgan fingerprint density at radius 1 is 1.21 bits per heavy atom. The van der Waals surface area contributed by atoms with Crippen LogP contribution >= 0.6 is 0 Å². The van der Waals surface area contributed by atoms with Gasteiger partial charge >= 0.3 is 6.18 Å². The summed E-state index contributed by atoms with van der Waals surface area (Å²) in [6.07, 6.45) is -2.45. The lowest BCUT2D eigenvalue weighted by molar-refractivity contribution is -0.281. The zero-order valence-corrected chi connectivity index (χ0v) is 8.03. The Bertz CT molecular complexity index is 217. The van der Waals surface area contributed by atoms with E-state index in [0.717, 1.165) is 20.0 Å². The van der Waals surface area contributed by atoms with Gasteiger partial charge in [-0.1, -0.05) is 0 Å². The second-order valence-electron chi connectivity index (χ2n) is 4.24. The molecular formula is C9H14F3NO. The Hall–Kier alpha value is -0.290. The van der Waals surface area contributed by atoms with E-state index in [1.165, 1.54) is 0 Å². The van der Waals surface area contributed by atoms with Gasteiger partial charge in [-0.05, 0) is 12.8 Å². The molecule has 0 spiro atoms. The predicted octanol–water partition coefficient (Wildman–Crippen LogP) is 1.85. The highest BCUT2D eigenvalue weighted by atomic mass is 19.4. The van der Waals surface area contributed by atoms with Gasteiger partial charge in [-0.3, -0.25) is 0 Å². The monoisotopic (exact) mass is 209 g/mol. The summed E-state index contributed by atoms with van der Waals surface area (Å²) in [7, 11) is 1.16. The van der Waals surface area contributed by atoms with Crippen LogP contribution in [0.2, 0.25) is 0 Å². The van der Waals surface area contributed by atoms with Crippen LogP contribution in [0, 0.1) is 0 Å². The molecular weight excluding hydrogens is 195 g/mol. The van der Waals surface area contributed by atoms with Crippen LogP contribution in [0.15, 0.2) is 0 Å². The lowest BCUT2D eigenvalue weighted by atomic mass is 9.86. The van der Waals surface area contributed by atoms with Crippen LogP contribution in [0.3, 0.4) is 0 Å². The highest BCUT2D eigenvalue weighted by Gasteiger charge is 2.60. The van der Waals surface area contributed by atoms with E-state index >= 15 is 0 Å². The maximum Gasteiger partial charge on any atom is 0.417 e. The van der Waals surface area contributed by atoms with Gasteiger partial charge in [-0.2, -0.15) is 13.2 Å². The van der Waals surface area contributed by atoms with E-state index in [0.29, 0.717) is 0 Å². The van der Waals surface area contributed by atoms with Crippen LogP contribution in [0.25, 0.3) is 0 Å². The first-order chi connectivity index (χ1) is 6.47. The molecule has 2 aliphatic rings. The second kappa shape index (κ2) is 3.10. The lowest BCUT2D eigenvalue weighted by Gasteiger charge is -2.41. The van der Waals surface area contributed by atoms with Crippen molar-refractivity contribution < 1.29 is 17.9 Å². The van der Waals surface area contributed by atoms with Crippen molar-refractivity contribution in [2.75, 3.05) is 7.11 Å². The van der Waals surface area contributed by atoms with Crippen molar-refractivity contribution in [1.82, 2.24) is 5.32 Å². The minimum absolute atomic E-state index is 0.0182. The number of nitrogens with one attached hydrogen (secondary N) is 1. The maximum absolute atomic E-state index is 12.8. The van der Waals surface area contributed by atoms with Crippen LogP contribution in [0.4, 0.5) is 13.2 Å². The number of fused-ring (bicyclic) bond motifs is 2. The molecule has 0 radical (unpaired) electrons. The van der Waals surface area contributed by atoms with Gasteiger partial charge in [0.2, 0.25) is 0 Å². The molecule has 82 valence electrons. The number of hydrogen-bond donors (Lipinski definition) is 1. The Labute approximate surface area is 80.8 Å². The molecule has 2 unspecified atom stereocenters. The third kappa shape index (κ3) is 1.42. The molecule has 2 atom stereocenters. The van der Waals surface area contributed by atoms with Gasteiger partial charge in [0, 0.05) is 32.0 Å². The van der Waals surface area contributed by atoms with Gasteiger partial charge in [0.25, 0.3) is 0 Å². The summed E-state index contributed by atoms with van der Waals surface area (Å²) in [5.74, 6) is 0. The quantitative estimate of drug-likeness (QED) is 0.711. The molecule has 2 nitrogen and oxygen atoms in total. The minimum Gasteiger partial charge on any atom is -0.369 e. The molecule has 14 heavy (non-hydrogen) atoms. The normalized spacial score (nSPS) is 42.9. The van der Waals surface area contributed by atoms with Crippen LogP contribution in [0.1, 0.15) is 25.7 Å². The van der Waals surface area contributed by atoms with Gasteiger partial charge in [0.1, 0.15) is 0 Å². The number of rotatable bonds is 1. The fraction of sp³-hybridized carbons (Fsp3) is 1.00. The number of hydrogen-bond acceptors (Lipinski definition) is 2. The Morgan fingerprint density at radius 2 is 1.71 bits per heavy atom. The topological polar surface area (TPSA) is 21.3 Å². The van der Waals surface area contributed by atoms with Gasteiger partial charge in [-0.15, -0.1) is 0 Å². The van der Waals surface area contributed by atoms with E-state index in [-0.39, 0.29) is 24.9 Å². The summed E-state index contributed by atoms with van der Waals surface area (Å²) < 4.78 is 43.2. The highest BCUT2D eigenvalue weighted by molar-refractivity contribution is 5.04. The third-order valence-corrected chi connectivity index (χ3v) is 3.39. The molecule has 2 fully saturated rings. The van der Waals surface area contributed by atoms with Crippen LogP contribution in [-0.4, -0.2) is 31.0 Å². The van der Waals surface area contributed by atoms with Crippen LogP contribution < -0.4 is 5.32 Å². The van der Waals surface area contributed by atoms with E-state index in [4.69, 9.17) is 4.74 Å². The van der Waals surface area contributed by atoms with Crippen molar-refractivity contribution in [2.24, 2.45) is 0 Å². The molecule has 2 heterocycles. The number of halogens is 3. The average molecular weight is 209 g/mol. The summed E-state index contributed by atoms with van der Waals surface area (Å²) in [5, 5.41) is 3.17. The van der Waals surface area contributed by atoms with Crippen molar-refractivity contribution in [3.63, 3.8) is 0 Å². The first-order valence-corrected chi connectivity index (χ1v) is 4.85. The summed E-state index contributed by atoms with van der Waals surface area (Å²) in [6.45, 7) is 0. The summed E-state index contributed by atoms with van der Waals surface area (Å²) in [4.78, 5) is 0. The number of piperidine rings is 1. The Morgan fingerprint density at radius 3 is 2.07 bits per heavy atom. The van der Waals surface area contributed by atoms with Crippen LogP contribution in [0.5, 0.6) is 0 Å². The molecule has 0 aromatic heterocycles. The second-order valence-corrected chi connectivity index (χ2v) is 4.24. The molecule has 0 amide bonds. The molecule has 2 rings (SSSR count). The first-order valence-electron chi connectivity index (χ1n) is 4.85. The number of methoxy groups -OCH3 is 1. The minimum atomic E-state index is -4.25. The fourth-order valence-electron chi connectivity index (χ4n) is 2.62. The SMILES string of the molecule is COC1(C(F)(F)F)CC2CCC(C1)N2. The van der Waals surface area contributed by atoms with Gasteiger partial charge in [-0.25, -0.2) is 0 Å². The largest absolute Gasteiger partial charge is 0.417 e. The van der Waals surface area contributed by atoms with E-state index in [1.807, 2.05) is 0 Å². The molecule has 2 aliphatic heterocycles. The summed E-state index contributed by atoms with van der Waals surface area (Å²) in [6, 6.07) is -0.0364. The van der Waals surface area contributed by atoms with Gasteiger partial charge < -0.3 is 10.1 Å². The zero-order chi connectivity index (χ0) is 10.4. The average Bonchev–Trinajstić information content (AvgIpc) is 2.43. The first kappa shape index (κ1) is 10.2. The molecule has 2 bridgehead atoms. The maximum atomic E-state index is 12.8. The molecule has 0 aliphatic carbocycles. The highest BCUT2D eigenvalue weighted by Crippen LogP contribution is 2.46. The Balaban J connectivity index is 2.21. The third-order valence-electron chi connectivity index (χ3n) is 3.39. The summed E-state index contributed by atoms with van der Waals surface area (Å²) >= 11 is 0. The van der Waals surface area contributed by atoms with E-state index in [2.05, 4.69) is 5.32 Å². The number of ether oxygens (including phenoxy) is 1. The Kier molecular flexibility index (Phi) is 2.27. The van der Waals surface area contributed by atoms with E-state index in [9.17, 15) is 13.2 Å². The predicted molar refractivity (Wildman–Crippen MR) is 45.0 cm³/mol. The van der Waals surface area contributed by atoms with Gasteiger partial charge in [0.05, 0.1) is 0 Å². The van der Waals surface area contributed by atoms with Crippen molar-refractivity contribution in [2.45, 2.75) is 49.5 Å². The number of alkyl halides is 3. The van der Waals surface area contributed by atoms with Crippen molar-refractivity contribution in [3.05, 3.63) is 0 Å². The molecule has 2 saturated heterocycles.